The van der Waals surface area contributed by atoms with Crippen molar-refractivity contribution < 1.29 is 4.42 Å². The molecule has 1 N–H and O–H groups in total. The van der Waals surface area contributed by atoms with Gasteiger partial charge in [0.25, 0.3) is 0 Å². The SMILES string of the molecule is Cc1ccc([C@@H](CNC2CCN(CC3CC3)CC2)N2CCCC2)o1. The molecule has 2 saturated heterocycles. The van der Waals surface area contributed by atoms with E-state index in [4.69, 9.17) is 4.42 Å². The topological polar surface area (TPSA) is 31.6 Å². The van der Waals surface area contributed by atoms with Gasteiger partial charge in [-0.2, -0.15) is 0 Å². The maximum atomic E-state index is 5.98. The normalized spacial score (nSPS) is 25.4. The van der Waals surface area contributed by atoms with Gasteiger partial charge in [-0.1, -0.05) is 0 Å². The van der Waals surface area contributed by atoms with Gasteiger partial charge in [0.05, 0.1) is 6.04 Å². The lowest BCUT2D eigenvalue weighted by molar-refractivity contribution is 0.169. The number of likely N-dealkylation sites (tertiary alicyclic amines) is 2. The van der Waals surface area contributed by atoms with Crippen molar-refractivity contribution >= 4 is 0 Å². The molecule has 2 aliphatic heterocycles. The molecule has 0 bridgehead atoms. The number of furan rings is 1. The number of aryl methyl sites for hydroxylation is 1. The van der Waals surface area contributed by atoms with Gasteiger partial charge < -0.3 is 14.6 Å². The summed E-state index contributed by atoms with van der Waals surface area (Å²) in [7, 11) is 0. The van der Waals surface area contributed by atoms with Crippen LogP contribution < -0.4 is 5.32 Å². The first-order valence-electron chi connectivity index (χ1n) is 10.0. The summed E-state index contributed by atoms with van der Waals surface area (Å²) in [5, 5.41) is 3.87. The van der Waals surface area contributed by atoms with Gasteiger partial charge in [0.2, 0.25) is 0 Å². The van der Waals surface area contributed by atoms with Gasteiger partial charge in [-0.3, -0.25) is 4.90 Å². The second-order valence-electron chi connectivity index (χ2n) is 8.13. The van der Waals surface area contributed by atoms with Crippen molar-refractivity contribution in [3.63, 3.8) is 0 Å². The van der Waals surface area contributed by atoms with Gasteiger partial charge in [0.15, 0.2) is 0 Å². The summed E-state index contributed by atoms with van der Waals surface area (Å²) in [5.74, 6) is 3.20. The van der Waals surface area contributed by atoms with Crippen LogP contribution in [0.5, 0.6) is 0 Å². The Hall–Kier alpha value is -0.840. The monoisotopic (exact) mass is 331 g/mol. The number of hydrogen-bond acceptors (Lipinski definition) is 4. The molecule has 4 nitrogen and oxygen atoms in total. The molecule has 1 atom stereocenters. The van der Waals surface area contributed by atoms with Crippen molar-refractivity contribution in [3.05, 3.63) is 23.7 Å². The predicted molar refractivity (Wildman–Crippen MR) is 97.2 cm³/mol. The van der Waals surface area contributed by atoms with E-state index in [1.807, 2.05) is 6.92 Å². The third-order valence-corrected chi connectivity index (χ3v) is 6.07. The molecule has 4 heteroatoms. The number of hydrogen-bond donors (Lipinski definition) is 1. The Bertz CT molecular complexity index is 511. The number of nitrogens with one attached hydrogen (secondary N) is 1. The highest BCUT2D eigenvalue weighted by atomic mass is 16.3. The minimum atomic E-state index is 0.408. The van der Waals surface area contributed by atoms with E-state index in [-0.39, 0.29) is 0 Å². The maximum Gasteiger partial charge on any atom is 0.122 e. The Labute approximate surface area is 146 Å². The van der Waals surface area contributed by atoms with Crippen molar-refractivity contribution in [2.24, 2.45) is 5.92 Å². The molecule has 134 valence electrons. The number of nitrogens with zero attached hydrogens (tertiary/aromatic N) is 2. The molecule has 0 spiro atoms. The van der Waals surface area contributed by atoms with Gasteiger partial charge in [-0.15, -0.1) is 0 Å². The summed E-state index contributed by atoms with van der Waals surface area (Å²) in [5.41, 5.74) is 0. The van der Waals surface area contributed by atoms with Crippen molar-refractivity contribution in [1.29, 1.82) is 0 Å². The summed E-state index contributed by atoms with van der Waals surface area (Å²) in [6.07, 6.45) is 8.20. The van der Waals surface area contributed by atoms with Crippen LogP contribution in [0.1, 0.15) is 56.1 Å². The average Bonchev–Trinajstić information content (AvgIpc) is 3.07. The molecule has 3 heterocycles. The third-order valence-electron chi connectivity index (χ3n) is 6.07. The Morgan fingerprint density at radius 1 is 1.08 bits per heavy atom. The van der Waals surface area contributed by atoms with Crippen LogP contribution in [-0.2, 0) is 0 Å². The van der Waals surface area contributed by atoms with Crippen LogP contribution in [0.15, 0.2) is 16.5 Å². The number of piperidine rings is 1. The summed E-state index contributed by atoms with van der Waals surface area (Å²) in [4.78, 5) is 5.29. The summed E-state index contributed by atoms with van der Waals surface area (Å²) < 4.78 is 5.98. The summed E-state index contributed by atoms with van der Waals surface area (Å²) >= 11 is 0. The third kappa shape index (κ3) is 4.22. The Balaban J connectivity index is 1.28. The zero-order valence-corrected chi connectivity index (χ0v) is 15.2. The first-order chi connectivity index (χ1) is 11.8. The zero-order chi connectivity index (χ0) is 16.4. The van der Waals surface area contributed by atoms with E-state index >= 15 is 0 Å². The van der Waals surface area contributed by atoms with Gasteiger partial charge in [0.1, 0.15) is 11.5 Å². The van der Waals surface area contributed by atoms with Crippen LogP contribution in [0.25, 0.3) is 0 Å². The van der Waals surface area contributed by atoms with Gasteiger partial charge in [0, 0.05) is 19.1 Å². The molecule has 3 aliphatic rings. The maximum absolute atomic E-state index is 5.98. The van der Waals surface area contributed by atoms with E-state index in [2.05, 4.69) is 27.2 Å². The molecule has 0 unspecified atom stereocenters. The fraction of sp³-hybridized carbons (Fsp3) is 0.800. The lowest BCUT2D eigenvalue weighted by Gasteiger charge is -2.34. The van der Waals surface area contributed by atoms with E-state index in [0.29, 0.717) is 12.1 Å². The molecule has 1 saturated carbocycles. The minimum absolute atomic E-state index is 0.408. The van der Waals surface area contributed by atoms with E-state index in [0.717, 1.165) is 24.0 Å². The van der Waals surface area contributed by atoms with Gasteiger partial charge in [-0.25, -0.2) is 0 Å². The Kier molecular flexibility index (Phi) is 5.25. The average molecular weight is 332 g/mol. The molecule has 1 aromatic rings. The Morgan fingerprint density at radius 3 is 2.46 bits per heavy atom. The smallest absolute Gasteiger partial charge is 0.122 e. The first-order valence-corrected chi connectivity index (χ1v) is 10.0. The van der Waals surface area contributed by atoms with Gasteiger partial charge >= 0.3 is 0 Å². The fourth-order valence-electron chi connectivity index (χ4n) is 4.36. The molecule has 24 heavy (non-hydrogen) atoms. The molecular formula is C20H33N3O. The van der Waals surface area contributed by atoms with Crippen molar-refractivity contribution in [1.82, 2.24) is 15.1 Å². The lowest BCUT2D eigenvalue weighted by Crippen LogP contribution is -2.45. The fourth-order valence-corrected chi connectivity index (χ4v) is 4.36. The molecule has 1 aromatic heterocycles. The molecule has 3 fully saturated rings. The standard InChI is InChI=1S/C20H33N3O/c1-16-4-7-20(24-16)19(23-10-2-3-11-23)14-21-18-8-12-22(13-9-18)15-17-5-6-17/h4,7,17-19,21H,2-3,5-6,8-15H2,1H3/t19-/m1/s1. The highest BCUT2D eigenvalue weighted by molar-refractivity contribution is 5.11. The molecular weight excluding hydrogens is 298 g/mol. The second-order valence-corrected chi connectivity index (χ2v) is 8.13. The van der Waals surface area contributed by atoms with Crippen molar-refractivity contribution in [2.45, 2.75) is 57.5 Å². The molecule has 1 aliphatic carbocycles. The summed E-state index contributed by atoms with van der Waals surface area (Å²) in [6, 6.07) is 5.37. The van der Waals surface area contributed by atoms with E-state index in [9.17, 15) is 0 Å². The Morgan fingerprint density at radius 2 is 1.83 bits per heavy atom. The highest BCUT2D eigenvalue weighted by Gasteiger charge is 2.29. The van der Waals surface area contributed by atoms with E-state index < -0.39 is 0 Å². The van der Waals surface area contributed by atoms with Crippen LogP contribution >= 0.6 is 0 Å². The second kappa shape index (κ2) is 7.59. The van der Waals surface area contributed by atoms with Crippen molar-refractivity contribution in [2.75, 3.05) is 39.3 Å². The lowest BCUT2D eigenvalue weighted by atomic mass is 10.0. The molecule has 0 radical (unpaired) electrons. The van der Waals surface area contributed by atoms with E-state index in [1.54, 1.807) is 0 Å². The number of rotatable bonds is 7. The van der Waals surface area contributed by atoms with E-state index in [1.165, 1.54) is 71.2 Å². The summed E-state index contributed by atoms with van der Waals surface area (Å²) in [6.45, 7) is 9.42. The van der Waals surface area contributed by atoms with Crippen LogP contribution in [0.4, 0.5) is 0 Å². The molecule has 0 amide bonds. The van der Waals surface area contributed by atoms with Crippen molar-refractivity contribution in [3.8, 4) is 0 Å². The van der Waals surface area contributed by atoms with Crippen LogP contribution in [0.3, 0.4) is 0 Å². The largest absolute Gasteiger partial charge is 0.465 e. The van der Waals surface area contributed by atoms with Gasteiger partial charge in [-0.05, 0) is 89.7 Å². The minimum Gasteiger partial charge on any atom is -0.465 e. The van der Waals surface area contributed by atoms with Crippen LogP contribution in [0.2, 0.25) is 0 Å². The molecule has 0 aromatic carbocycles. The molecule has 4 rings (SSSR count). The predicted octanol–water partition coefficient (Wildman–Crippen LogP) is 3.19. The zero-order valence-electron chi connectivity index (χ0n) is 15.2. The van der Waals surface area contributed by atoms with Crippen LogP contribution in [-0.4, -0.2) is 55.1 Å². The van der Waals surface area contributed by atoms with Crippen LogP contribution in [0, 0.1) is 12.8 Å². The first kappa shape index (κ1) is 16.6. The highest BCUT2D eigenvalue weighted by Crippen LogP contribution is 2.31. The quantitative estimate of drug-likeness (QED) is 0.831.